The molecule has 0 saturated carbocycles. The maximum atomic E-state index is 13.2. The van der Waals surface area contributed by atoms with Crippen molar-refractivity contribution in [3.63, 3.8) is 0 Å². The van der Waals surface area contributed by atoms with Crippen LogP contribution in [-0.4, -0.2) is 10.9 Å². The van der Waals surface area contributed by atoms with Crippen molar-refractivity contribution in [3.05, 3.63) is 68.6 Å². The van der Waals surface area contributed by atoms with Crippen LogP contribution < -0.4 is 5.32 Å². The second-order valence-electron chi connectivity index (χ2n) is 6.10. The van der Waals surface area contributed by atoms with Gasteiger partial charge in [-0.2, -0.15) is 26.3 Å². The number of benzene rings is 2. The number of halogens is 7. The highest BCUT2D eigenvalue weighted by molar-refractivity contribution is 7.13. The van der Waals surface area contributed by atoms with Crippen molar-refractivity contribution in [2.75, 3.05) is 5.32 Å². The van der Waals surface area contributed by atoms with E-state index in [-0.39, 0.29) is 21.8 Å². The zero-order valence-corrected chi connectivity index (χ0v) is 16.5. The SMILES string of the molecule is Cc1nc(C(F)(F)F)c(C(=O)Nc2ccccc2-c2ccc(Cl)c(C(F)(F)F)c2)s1. The average Bonchev–Trinajstić information content (AvgIpc) is 3.04. The summed E-state index contributed by atoms with van der Waals surface area (Å²) >= 11 is 6.20. The van der Waals surface area contributed by atoms with Crippen molar-refractivity contribution in [2.24, 2.45) is 0 Å². The number of nitrogens with zero attached hydrogens (tertiary/aromatic N) is 1. The molecule has 1 amide bonds. The van der Waals surface area contributed by atoms with Gasteiger partial charge in [-0.15, -0.1) is 11.3 Å². The molecular weight excluding hydrogens is 454 g/mol. The molecule has 3 rings (SSSR count). The molecule has 0 aliphatic rings. The number of carbonyl (C=O) groups excluding carboxylic acids is 1. The monoisotopic (exact) mass is 464 g/mol. The van der Waals surface area contributed by atoms with Gasteiger partial charge in [0.2, 0.25) is 0 Å². The Balaban J connectivity index is 2.01. The standard InChI is InChI=1S/C19H11ClF6N2OS/c1-9-27-16(19(24,25)26)15(30-9)17(29)28-14-5-3-2-4-11(14)10-6-7-13(20)12(8-10)18(21,22)23/h2-8H,1H3,(H,28,29). The Morgan fingerprint density at radius 3 is 2.33 bits per heavy atom. The minimum atomic E-state index is -4.82. The van der Waals surface area contributed by atoms with Crippen LogP contribution in [0.1, 0.15) is 25.9 Å². The molecule has 3 nitrogen and oxygen atoms in total. The third kappa shape index (κ3) is 4.59. The minimum absolute atomic E-state index is 0.0390. The van der Waals surface area contributed by atoms with Crippen LogP contribution in [0.15, 0.2) is 42.5 Å². The molecule has 0 fully saturated rings. The number of alkyl halides is 6. The fourth-order valence-electron chi connectivity index (χ4n) is 2.71. The largest absolute Gasteiger partial charge is 0.435 e. The summed E-state index contributed by atoms with van der Waals surface area (Å²) in [6.07, 6.45) is -9.53. The number of hydrogen-bond donors (Lipinski definition) is 1. The van der Waals surface area contributed by atoms with Gasteiger partial charge in [0.1, 0.15) is 4.88 Å². The maximum absolute atomic E-state index is 13.2. The zero-order chi connectivity index (χ0) is 22.3. The maximum Gasteiger partial charge on any atom is 0.435 e. The van der Waals surface area contributed by atoms with Gasteiger partial charge >= 0.3 is 12.4 Å². The first-order chi connectivity index (χ1) is 13.9. The van der Waals surface area contributed by atoms with Gasteiger partial charge in [0.05, 0.1) is 15.6 Å². The van der Waals surface area contributed by atoms with Crippen LogP contribution >= 0.6 is 22.9 Å². The molecule has 1 aromatic heterocycles. The van der Waals surface area contributed by atoms with E-state index < -0.39 is 39.4 Å². The van der Waals surface area contributed by atoms with E-state index in [0.29, 0.717) is 11.3 Å². The summed E-state index contributed by atoms with van der Waals surface area (Å²) < 4.78 is 78.9. The van der Waals surface area contributed by atoms with Crippen LogP contribution in [0.4, 0.5) is 32.0 Å². The quantitative estimate of drug-likeness (QED) is 0.421. The lowest BCUT2D eigenvalue weighted by atomic mass is 10.0. The van der Waals surface area contributed by atoms with Crippen molar-refractivity contribution < 1.29 is 31.1 Å². The van der Waals surface area contributed by atoms with Gasteiger partial charge in [0.15, 0.2) is 5.69 Å². The highest BCUT2D eigenvalue weighted by atomic mass is 35.5. The molecule has 2 aromatic carbocycles. The van der Waals surface area contributed by atoms with Gasteiger partial charge in [0, 0.05) is 11.3 Å². The van der Waals surface area contributed by atoms with Crippen LogP contribution in [0.3, 0.4) is 0 Å². The molecule has 3 aromatic rings. The smallest absolute Gasteiger partial charge is 0.321 e. The average molecular weight is 465 g/mol. The Labute approximate surface area is 175 Å². The predicted molar refractivity (Wildman–Crippen MR) is 102 cm³/mol. The van der Waals surface area contributed by atoms with Gasteiger partial charge in [0.25, 0.3) is 5.91 Å². The number of thiazole rings is 1. The molecule has 0 unspecified atom stereocenters. The Morgan fingerprint density at radius 1 is 1.03 bits per heavy atom. The number of hydrogen-bond acceptors (Lipinski definition) is 3. The zero-order valence-electron chi connectivity index (χ0n) is 15.0. The summed E-state index contributed by atoms with van der Waals surface area (Å²) in [7, 11) is 0. The van der Waals surface area contributed by atoms with Crippen molar-refractivity contribution >= 4 is 34.5 Å². The number of aryl methyl sites for hydroxylation is 1. The Morgan fingerprint density at radius 2 is 1.70 bits per heavy atom. The van der Waals surface area contributed by atoms with Gasteiger partial charge in [-0.25, -0.2) is 4.98 Å². The molecule has 0 aliphatic carbocycles. The van der Waals surface area contributed by atoms with Crippen LogP contribution in [0, 0.1) is 6.92 Å². The highest BCUT2D eigenvalue weighted by Gasteiger charge is 2.39. The Kier molecular flexibility index (Phi) is 5.83. The van der Waals surface area contributed by atoms with E-state index in [1.165, 1.54) is 37.3 Å². The fourth-order valence-corrected chi connectivity index (χ4v) is 3.76. The lowest BCUT2D eigenvalue weighted by molar-refractivity contribution is -0.141. The van der Waals surface area contributed by atoms with E-state index in [1.807, 2.05) is 0 Å². The van der Waals surface area contributed by atoms with Gasteiger partial charge < -0.3 is 5.32 Å². The van der Waals surface area contributed by atoms with E-state index in [2.05, 4.69) is 10.3 Å². The number of amides is 1. The summed E-state index contributed by atoms with van der Waals surface area (Å²) in [4.78, 5) is 15.2. The molecule has 0 aliphatic heterocycles. The van der Waals surface area contributed by atoms with Crippen LogP contribution in [0.25, 0.3) is 11.1 Å². The van der Waals surface area contributed by atoms with Crippen molar-refractivity contribution in [2.45, 2.75) is 19.3 Å². The summed E-state index contributed by atoms with van der Waals surface area (Å²) in [5.74, 6) is -1.06. The topological polar surface area (TPSA) is 42.0 Å². The minimum Gasteiger partial charge on any atom is -0.321 e. The number of carbonyl (C=O) groups is 1. The van der Waals surface area contributed by atoms with Crippen LogP contribution in [-0.2, 0) is 12.4 Å². The lowest BCUT2D eigenvalue weighted by Gasteiger charge is -2.14. The van der Waals surface area contributed by atoms with Gasteiger partial charge in [-0.3, -0.25) is 4.79 Å². The van der Waals surface area contributed by atoms with E-state index in [1.54, 1.807) is 0 Å². The number of para-hydroxylation sites is 1. The van der Waals surface area contributed by atoms with Crippen molar-refractivity contribution in [3.8, 4) is 11.1 Å². The molecule has 11 heteroatoms. The molecular formula is C19H11ClF6N2OS. The second kappa shape index (κ2) is 7.92. The summed E-state index contributed by atoms with van der Waals surface area (Å²) in [5.41, 5.74) is -2.08. The number of aromatic nitrogens is 1. The molecule has 0 saturated heterocycles. The molecule has 0 radical (unpaired) electrons. The third-order valence-corrected chi connectivity index (χ3v) is 5.27. The third-order valence-electron chi connectivity index (χ3n) is 3.97. The van der Waals surface area contributed by atoms with Gasteiger partial charge in [-0.1, -0.05) is 35.9 Å². The Hall–Kier alpha value is -2.59. The highest BCUT2D eigenvalue weighted by Crippen LogP contribution is 2.39. The van der Waals surface area contributed by atoms with E-state index >= 15 is 0 Å². The molecule has 158 valence electrons. The second-order valence-corrected chi connectivity index (χ2v) is 7.71. The van der Waals surface area contributed by atoms with E-state index in [9.17, 15) is 31.1 Å². The lowest BCUT2D eigenvalue weighted by Crippen LogP contribution is -2.17. The molecule has 1 heterocycles. The molecule has 1 N–H and O–H groups in total. The Bertz CT molecular complexity index is 1110. The first kappa shape index (κ1) is 22.1. The molecule has 0 atom stereocenters. The number of rotatable bonds is 3. The number of nitrogens with one attached hydrogen (secondary N) is 1. The first-order valence-corrected chi connectivity index (χ1v) is 9.39. The van der Waals surface area contributed by atoms with E-state index in [0.717, 1.165) is 12.1 Å². The van der Waals surface area contributed by atoms with Crippen molar-refractivity contribution in [1.82, 2.24) is 4.98 Å². The molecule has 30 heavy (non-hydrogen) atoms. The fraction of sp³-hybridized carbons (Fsp3) is 0.158. The molecule has 0 bridgehead atoms. The predicted octanol–water partition coefficient (Wildman–Crippen LogP) is 7.06. The van der Waals surface area contributed by atoms with Crippen molar-refractivity contribution in [1.29, 1.82) is 0 Å². The van der Waals surface area contributed by atoms with E-state index in [4.69, 9.17) is 11.6 Å². The van der Waals surface area contributed by atoms with Crippen LogP contribution in [0.2, 0.25) is 5.02 Å². The number of anilines is 1. The normalized spacial score (nSPS) is 12.1. The summed E-state index contributed by atoms with van der Waals surface area (Å²) in [6.45, 7) is 1.33. The molecule has 0 spiro atoms. The van der Waals surface area contributed by atoms with Crippen LogP contribution in [0.5, 0.6) is 0 Å². The van der Waals surface area contributed by atoms with Gasteiger partial charge in [-0.05, 0) is 30.7 Å². The summed E-state index contributed by atoms with van der Waals surface area (Å²) in [6, 6.07) is 9.00. The first-order valence-electron chi connectivity index (χ1n) is 8.20. The summed E-state index contributed by atoms with van der Waals surface area (Å²) in [5, 5.41) is 1.89.